The molecule has 2 heterocycles. The molecule has 2 fully saturated rings. The first-order valence-electron chi connectivity index (χ1n) is 6.11. The number of nitrogens with one attached hydrogen (secondary N) is 2. The number of nitrogens with zero attached hydrogens (tertiary/aromatic N) is 1. The van der Waals surface area contributed by atoms with Gasteiger partial charge in [-0.2, -0.15) is 0 Å². The van der Waals surface area contributed by atoms with Gasteiger partial charge in [-0.05, 0) is 19.4 Å². The van der Waals surface area contributed by atoms with Crippen LogP contribution in [0, 0.1) is 0 Å². The van der Waals surface area contributed by atoms with Crippen LogP contribution in [0.25, 0.3) is 0 Å². The lowest BCUT2D eigenvalue weighted by atomic mass is 10.1. The summed E-state index contributed by atoms with van der Waals surface area (Å²) in [7, 11) is 0. The molecular weight excluding hydrogens is 190 g/mol. The maximum Gasteiger partial charge on any atom is 0.239 e. The molecule has 2 aliphatic heterocycles. The highest BCUT2D eigenvalue weighted by molar-refractivity contribution is 5.82. The molecular formula is C11H21N3O. The number of hydrogen-bond donors (Lipinski definition) is 2. The van der Waals surface area contributed by atoms with E-state index in [2.05, 4.69) is 10.6 Å². The van der Waals surface area contributed by atoms with Gasteiger partial charge in [-0.15, -0.1) is 0 Å². The minimum Gasteiger partial charge on any atom is -0.339 e. The predicted molar refractivity (Wildman–Crippen MR) is 59.7 cm³/mol. The third-order valence-corrected chi connectivity index (χ3v) is 3.29. The fraction of sp³-hybridized carbons (Fsp3) is 0.909. The summed E-state index contributed by atoms with van der Waals surface area (Å²) in [6.45, 7) is 4.63. The summed E-state index contributed by atoms with van der Waals surface area (Å²) >= 11 is 0. The van der Waals surface area contributed by atoms with E-state index in [0.717, 1.165) is 39.1 Å². The van der Waals surface area contributed by atoms with Crippen molar-refractivity contribution in [2.75, 3.05) is 32.7 Å². The van der Waals surface area contributed by atoms with Crippen LogP contribution in [-0.4, -0.2) is 49.6 Å². The molecule has 1 atom stereocenters. The molecule has 0 bridgehead atoms. The number of rotatable bonds is 1. The van der Waals surface area contributed by atoms with Crippen LogP contribution >= 0.6 is 0 Å². The predicted octanol–water partition coefficient (Wildman–Crippen LogP) is -0.0496. The number of carbonyl (C=O) groups excluding carboxylic acids is 1. The second-order valence-corrected chi connectivity index (χ2v) is 4.43. The Labute approximate surface area is 91.4 Å². The van der Waals surface area contributed by atoms with Gasteiger partial charge < -0.3 is 15.5 Å². The van der Waals surface area contributed by atoms with Crippen LogP contribution in [0.2, 0.25) is 0 Å². The van der Waals surface area contributed by atoms with E-state index in [1.165, 1.54) is 19.3 Å². The molecule has 0 aromatic heterocycles. The Hall–Kier alpha value is -0.610. The molecule has 2 saturated heterocycles. The maximum absolute atomic E-state index is 12.1. The van der Waals surface area contributed by atoms with Crippen LogP contribution in [0.3, 0.4) is 0 Å². The normalized spacial score (nSPS) is 28.5. The molecule has 4 heteroatoms. The lowest BCUT2D eigenvalue weighted by Crippen LogP contribution is -2.52. The van der Waals surface area contributed by atoms with Crippen molar-refractivity contribution in [3.8, 4) is 0 Å². The quantitative estimate of drug-likeness (QED) is 0.639. The molecule has 2 rings (SSSR count). The first-order valence-corrected chi connectivity index (χ1v) is 6.11. The molecule has 0 radical (unpaired) electrons. The van der Waals surface area contributed by atoms with Crippen molar-refractivity contribution in [3.63, 3.8) is 0 Å². The number of amides is 1. The zero-order chi connectivity index (χ0) is 10.5. The standard InChI is InChI=1S/C11H21N3O/c15-11(14-8-6-12-7-9-14)10-4-2-1-3-5-13-10/h10,12-13H,1-9H2. The lowest BCUT2D eigenvalue weighted by molar-refractivity contribution is -0.134. The van der Waals surface area contributed by atoms with Crippen molar-refractivity contribution in [2.45, 2.75) is 31.7 Å². The highest BCUT2D eigenvalue weighted by atomic mass is 16.2. The van der Waals surface area contributed by atoms with Gasteiger partial charge in [0.15, 0.2) is 0 Å². The molecule has 0 aliphatic carbocycles. The average molecular weight is 211 g/mol. The van der Waals surface area contributed by atoms with E-state index in [9.17, 15) is 4.79 Å². The first kappa shape index (κ1) is 10.9. The van der Waals surface area contributed by atoms with E-state index in [0.29, 0.717) is 5.91 Å². The van der Waals surface area contributed by atoms with Crippen LogP contribution in [0.4, 0.5) is 0 Å². The van der Waals surface area contributed by atoms with Crippen molar-refractivity contribution in [3.05, 3.63) is 0 Å². The van der Waals surface area contributed by atoms with Crippen LogP contribution < -0.4 is 10.6 Å². The second-order valence-electron chi connectivity index (χ2n) is 4.43. The van der Waals surface area contributed by atoms with Crippen LogP contribution in [0.5, 0.6) is 0 Å². The Kier molecular flexibility index (Phi) is 3.97. The molecule has 2 aliphatic rings. The first-order chi connectivity index (χ1) is 7.38. The summed E-state index contributed by atoms with van der Waals surface area (Å²) in [5.41, 5.74) is 0. The van der Waals surface area contributed by atoms with Gasteiger partial charge in [-0.25, -0.2) is 0 Å². The second kappa shape index (κ2) is 5.47. The van der Waals surface area contributed by atoms with Crippen molar-refractivity contribution in [2.24, 2.45) is 0 Å². The van der Waals surface area contributed by atoms with Crippen molar-refractivity contribution in [1.82, 2.24) is 15.5 Å². The molecule has 0 spiro atoms. The molecule has 1 unspecified atom stereocenters. The fourth-order valence-electron chi connectivity index (χ4n) is 2.34. The smallest absolute Gasteiger partial charge is 0.239 e. The van der Waals surface area contributed by atoms with Gasteiger partial charge in [0.1, 0.15) is 0 Å². The summed E-state index contributed by atoms with van der Waals surface area (Å²) in [6.07, 6.45) is 4.68. The van der Waals surface area contributed by atoms with E-state index in [1.54, 1.807) is 0 Å². The topological polar surface area (TPSA) is 44.4 Å². The van der Waals surface area contributed by atoms with Gasteiger partial charge in [0.05, 0.1) is 6.04 Å². The highest BCUT2D eigenvalue weighted by Crippen LogP contribution is 2.11. The van der Waals surface area contributed by atoms with E-state index < -0.39 is 0 Å². The van der Waals surface area contributed by atoms with E-state index in [4.69, 9.17) is 0 Å². The van der Waals surface area contributed by atoms with Crippen molar-refractivity contribution >= 4 is 5.91 Å². The minimum absolute atomic E-state index is 0.0885. The number of piperazine rings is 1. The summed E-state index contributed by atoms with van der Waals surface area (Å²) in [5, 5.41) is 6.64. The van der Waals surface area contributed by atoms with E-state index in [1.807, 2.05) is 4.90 Å². The fourth-order valence-corrected chi connectivity index (χ4v) is 2.34. The van der Waals surface area contributed by atoms with Gasteiger partial charge in [0.25, 0.3) is 0 Å². The van der Waals surface area contributed by atoms with E-state index >= 15 is 0 Å². The van der Waals surface area contributed by atoms with Crippen molar-refractivity contribution in [1.29, 1.82) is 0 Å². The molecule has 86 valence electrons. The molecule has 1 amide bonds. The Morgan fingerprint density at radius 1 is 1.07 bits per heavy atom. The Bertz CT molecular complexity index is 206. The third-order valence-electron chi connectivity index (χ3n) is 3.29. The highest BCUT2D eigenvalue weighted by Gasteiger charge is 2.25. The molecule has 0 aromatic rings. The molecule has 2 N–H and O–H groups in total. The van der Waals surface area contributed by atoms with Crippen molar-refractivity contribution < 1.29 is 4.79 Å². The monoisotopic (exact) mass is 211 g/mol. The lowest BCUT2D eigenvalue weighted by Gasteiger charge is -2.30. The van der Waals surface area contributed by atoms with Gasteiger partial charge in [-0.1, -0.05) is 12.8 Å². The minimum atomic E-state index is 0.0885. The van der Waals surface area contributed by atoms with Crippen LogP contribution in [-0.2, 0) is 4.79 Å². The Morgan fingerprint density at radius 3 is 2.67 bits per heavy atom. The molecule has 15 heavy (non-hydrogen) atoms. The Balaban J connectivity index is 1.87. The summed E-state index contributed by atoms with van der Waals surface area (Å²) in [4.78, 5) is 14.1. The van der Waals surface area contributed by atoms with Crippen LogP contribution in [0.15, 0.2) is 0 Å². The largest absolute Gasteiger partial charge is 0.339 e. The zero-order valence-corrected chi connectivity index (χ0v) is 9.30. The van der Waals surface area contributed by atoms with Gasteiger partial charge in [-0.3, -0.25) is 4.79 Å². The van der Waals surface area contributed by atoms with Gasteiger partial charge in [0.2, 0.25) is 5.91 Å². The Morgan fingerprint density at radius 2 is 1.87 bits per heavy atom. The molecule has 0 aromatic carbocycles. The summed E-state index contributed by atoms with van der Waals surface area (Å²) in [6, 6.07) is 0.0885. The maximum atomic E-state index is 12.1. The molecule has 0 saturated carbocycles. The van der Waals surface area contributed by atoms with Crippen LogP contribution in [0.1, 0.15) is 25.7 Å². The SMILES string of the molecule is O=C(C1CCCCCN1)N1CCNCC1. The number of hydrogen-bond acceptors (Lipinski definition) is 3. The van der Waals surface area contributed by atoms with E-state index in [-0.39, 0.29) is 6.04 Å². The zero-order valence-electron chi connectivity index (χ0n) is 9.30. The summed E-state index contributed by atoms with van der Waals surface area (Å²) < 4.78 is 0. The van der Waals surface area contributed by atoms with Gasteiger partial charge >= 0.3 is 0 Å². The number of carbonyl (C=O) groups is 1. The van der Waals surface area contributed by atoms with Gasteiger partial charge in [0, 0.05) is 26.2 Å². The average Bonchev–Trinajstić information content (AvgIpc) is 2.58. The third kappa shape index (κ3) is 2.92. The summed E-state index contributed by atoms with van der Waals surface area (Å²) in [5.74, 6) is 0.318. The molecule has 4 nitrogen and oxygen atoms in total.